The first-order valence-electron chi connectivity index (χ1n) is 19.3. The van der Waals surface area contributed by atoms with E-state index in [0.29, 0.717) is 65.1 Å². The smallest absolute Gasteiger partial charge is 0.260 e. The first kappa shape index (κ1) is 37.6. The largest absolute Gasteiger partial charge is 0.497 e. The van der Waals surface area contributed by atoms with Crippen molar-refractivity contribution in [3.63, 3.8) is 0 Å². The van der Waals surface area contributed by atoms with Crippen LogP contribution in [0.2, 0.25) is 0 Å². The van der Waals surface area contributed by atoms with E-state index in [9.17, 15) is 9.59 Å². The number of benzene rings is 4. The first-order chi connectivity index (χ1) is 27.7. The highest BCUT2D eigenvalue weighted by Crippen LogP contribution is 2.43. The number of methoxy groups -OCH3 is 4. The molecule has 0 aliphatic carbocycles. The first-order valence-corrected chi connectivity index (χ1v) is 19.3. The highest BCUT2D eigenvalue weighted by Gasteiger charge is 2.40. The lowest BCUT2D eigenvalue weighted by atomic mass is 9.99. The Morgan fingerprint density at radius 3 is 1.33 bits per heavy atom. The molecule has 12 nitrogen and oxygen atoms in total. The molecule has 2 amide bonds. The van der Waals surface area contributed by atoms with E-state index in [1.807, 2.05) is 82.9 Å². The van der Waals surface area contributed by atoms with E-state index in [1.54, 1.807) is 40.6 Å². The number of nitrogens with one attached hydrogen (secondary N) is 2. The maximum absolute atomic E-state index is 14.0. The average molecular weight is 773 g/mol. The molecule has 0 saturated carbocycles. The Balaban J connectivity index is 0.920. The second kappa shape index (κ2) is 15.7. The van der Waals surface area contributed by atoms with Crippen LogP contribution in [0.3, 0.4) is 0 Å². The summed E-state index contributed by atoms with van der Waals surface area (Å²) in [5, 5.41) is 7.15. The van der Waals surface area contributed by atoms with Gasteiger partial charge in [-0.25, -0.2) is 0 Å². The van der Waals surface area contributed by atoms with Crippen molar-refractivity contribution in [3.8, 4) is 34.5 Å². The van der Waals surface area contributed by atoms with Crippen molar-refractivity contribution in [3.05, 3.63) is 107 Å². The molecule has 0 fully saturated rings. The molecular formula is C45H48N4O8. The molecule has 4 atom stereocenters. The Morgan fingerprint density at radius 2 is 0.965 bits per heavy atom. The fourth-order valence-electron chi connectivity index (χ4n) is 8.17. The molecule has 0 radical (unpaired) electrons. The zero-order valence-electron chi connectivity index (χ0n) is 33.1. The molecule has 4 aliphatic heterocycles. The standard InChI is InChI=1S/C45H48N4O8/c1-26-38-18-30(28-8-12-32(52-3)13-9-28)24-48(38)44(50)34-20-40(54-5)42(22-36(34)46-26)56-16-7-17-57-43-23-37-35(21-41(43)55-6)45(51)49-25-31(19-39(49)27(2)47-37)29-10-14-33(53-4)15-11-29/h8-15,20-27,38-39,46-47H,7,16-19H2,1-6H3. The lowest BCUT2D eigenvalue weighted by Crippen LogP contribution is -2.40. The molecule has 0 aromatic heterocycles. The minimum Gasteiger partial charge on any atom is -0.497 e. The molecule has 4 aromatic rings. The van der Waals surface area contributed by atoms with Crippen LogP contribution in [-0.2, 0) is 0 Å². The van der Waals surface area contributed by atoms with Crippen molar-refractivity contribution < 1.29 is 38.0 Å². The maximum Gasteiger partial charge on any atom is 0.260 e. The minimum absolute atomic E-state index is 0.0226. The van der Waals surface area contributed by atoms with Gasteiger partial charge in [-0.3, -0.25) is 9.59 Å². The van der Waals surface area contributed by atoms with E-state index in [1.165, 1.54) is 0 Å². The number of carbonyl (C=O) groups excluding carboxylic acids is 2. The number of hydrogen-bond donors (Lipinski definition) is 2. The van der Waals surface area contributed by atoms with Gasteiger partial charge < -0.3 is 48.9 Å². The lowest BCUT2D eigenvalue weighted by Gasteiger charge is -2.26. The van der Waals surface area contributed by atoms with E-state index in [2.05, 4.69) is 24.5 Å². The number of anilines is 2. The highest BCUT2D eigenvalue weighted by atomic mass is 16.5. The Labute approximate surface area is 332 Å². The van der Waals surface area contributed by atoms with Crippen LogP contribution >= 0.6 is 0 Å². The second-order valence-corrected chi connectivity index (χ2v) is 14.7. The van der Waals surface area contributed by atoms with Crippen LogP contribution in [0.1, 0.15) is 65.0 Å². The monoisotopic (exact) mass is 772 g/mol. The van der Waals surface area contributed by atoms with E-state index in [-0.39, 0.29) is 36.0 Å². The summed E-state index contributed by atoms with van der Waals surface area (Å²) in [7, 11) is 6.44. The van der Waals surface area contributed by atoms with Crippen LogP contribution in [0.5, 0.6) is 34.5 Å². The van der Waals surface area contributed by atoms with Gasteiger partial charge in [-0.05, 0) is 85.4 Å². The van der Waals surface area contributed by atoms with Gasteiger partial charge >= 0.3 is 0 Å². The van der Waals surface area contributed by atoms with Gasteiger partial charge in [0.25, 0.3) is 11.8 Å². The number of hydrogen-bond acceptors (Lipinski definition) is 10. The fourth-order valence-corrected chi connectivity index (χ4v) is 8.17. The van der Waals surface area contributed by atoms with E-state index in [0.717, 1.165) is 46.6 Å². The second-order valence-electron chi connectivity index (χ2n) is 14.7. The van der Waals surface area contributed by atoms with Crippen LogP contribution in [0.25, 0.3) is 11.1 Å². The van der Waals surface area contributed by atoms with Gasteiger partial charge in [0.2, 0.25) is 0 Å². The Morgan fingerprint density at radius 1 is 0.561 bits per heavy atom. The van der Waals surface area contributed by atoms with Crippen LogP contribution in [0.4, 0.5) is 11.4 Å². The molecule has 4 aromatic carbocycles. The molecule has 0 bridgehead atoms. The van der Waals surface area contributed by atoms with Crippen LogP contribution in [-0.4, -0.2) is 87.4 Å². The third-order valence-electron chi connectivity index (χ3n) is 11.3. The highest BCUT2D eigenvalue weighted by molar-refractivity contribution is 6.04. The zero-order valence-corrected chi connectivity index (χ0v) is 33.1. The number of fused-ring (bicyclic) bond motifs is 4. The van der Waals surface area contributed by atoms with E-state index < -0.39 is 0 Å². The summed E-state index contributed by atoms with van der Waals surface area (Å²) in [6.07, 6.45) is 5.93. The van der Waals surface area contributed by atoms with Crippen molar-refractivity contribution >= 4 is 34.3 Å². The predicted octanol–water partition coefficient (Wildman–Crippen LogP) is 7.71. The molecule has 57 heavy (non-hydrogen) atoms. The average Bonchev–Trinajstić information content (AvgIpc) is 3.86. The molecule has 296 valence electrons. The summed E-state index contributed by atoms with van der Waals surface area (Å²) in [5.74, 6) is 3.40. The van der Waals surface area contributed by atoms with Crippen LogP contribution in [0, 0.1) is 0 Å². The number of ether oxygens (including phenoxy) is 6. The van der Waals surface area contributed by atoms with Crippen molar-refractivity contribution in [2.24, 2.45) is 0 Å². The SMILES string of the molecule is COc1ccc(C2=CN3C(=O)c4cc(OC)c(OCCCOc5cc6c(cc5OC)C(=O)N5C=C(c7ccc(OC)cc7)CC5C(C)N6)cc4NC(C)C3C2)cc1. The topological polar surface area (TPSA) is 120 Å². The molecule has 4 aliphatic rings. The van der Waals surface area contributed by atoms with Gasteiger partial charge in [-0.15, -0.1) is 0 Å². The molecular weight excluding hydrogens is 725 g/mol. The molecule has 4 heterocycles. The number of carbonyl (C=O) groups is 2. The lowest BCUT2D eigenvalue weighted by molar-refractivity contribution is 0.0775. The minimum atomic E-state index is -0.0935. The van der Waals surface area contributed by atoms with Crippen LogP contribution in [0.15, 0.2) is 85.2 Å². The summed E-state index contributed by atoms with van der Waals surface area (Å²) in [6.45, 7) is 4.86. The molecule has 12 heteroatoms. The third kappa shape index (κ3) is 7.16. The molecule has 4 unspecified atom stereocenters. The normalized spacial score (nSPS) is 20.7. The summed E-state index contributed by atoms with van der Waals surface area (Å²) in [5.41, 5.74) is 6.78. The van der Waals surface area contributed by atoms with Crippen LogP contribution < -0.4 is 39.1 Å². The van der Waals surface area contributed by atoms with Crippen molar-refractivity contribution in [2.45, 2.75) is 57.3 Å². The van der Waals surface area contributed by atoms with Gasteiger partial charge in [0.1, 0.15) is 11.5 Å². The van der Waals surface area contributed by atoms with Crippen molar-refractivity contribution in [2.75, 3.05) is 52.3 Å². The Kier molecular flexibility index (Phi) is 10.3. The van der Waals surface area contributed by atoms with E-state index >= 15 is 0 Å². The number of rotatable bonds is 12. The van der Waals surface area contributed by atoms with E-state index in [4.69, 9.17) is 28.4 Å². The quantitative estimate of drug-likeness (QED) is 0.139. The number of amides is 2. The van der Waals surface area contributed by atoms with Gasteiger partial charge in [0.15, 0.2) is 23.0 Å². The predicted molar refractivity (Wildman–Crippen MR) is 219 cm³/mol. The maximum atomic E-state index is 14.0. The molecule has 8 rings (SSSR count). The van der Waals surface area contributed by atoms with Gasteiger partial charge in [0, 0.05) is 43.0 Å². The zero-order chi connectivity index (χ0) is 39.8. The van der Waals surface area contributed by atoms with Gasteiger partial charge in [-0.2, -0.15) is 0 Å². The van der Waals surface area contributed by atoms with Crippen molar-refractivity contribution in [1.29, 1.82) is 0 Å². The molecule has 2 N–H and O–H groups in total. The summed E-state index contributed by atoms with van der Waals surface area (Å²) in [4.78, 5) is 31.6. The Bertz CT molecular complexity index is 2080. The molecule has 0 saturated heterocycles. The fraction of sp³-hybridized carbons (Fsp3) is 0.333. The summed E-state index contributed by atoms with van der Waals surface area (Å²) in [6, 6.07) is 22.9. The van der Waals surface area contributed by atoms with Gasteiger partial charge in [-0.1, -0.05) is 24.3 Å². The van der Waals surface area contributed by atoms with Crippen molar-refractivity contribution in [1.82, 2.24) is 9.80 Å². The third-order valence-corrected chi connectivity index (χ3v) is 11.3. The summed E-state index contributed by atoms with van der Waals surface area (Å²) >= 11 is 0. The van der Waals surface area contributed by atoms with Gasteiger partial charge in [0.05, 0.1) is 76.2 Å². The summed E-state index contributed by atoms with van der Waals surface area (Å²) < 4.78 is 34.5. The molecule has 0 spiro atoms. The number of nitrogens with zero attached hydrogens (tertiary/aromatic N) is 2. The Hall–Kier alpha value is -6.30.